The molecule has 0 unspecified atom stereocenters. The summed E-state index contributed by atoms with van der Waals surface area (Å²) in [4.78, 5) is 0. The molecule has 6 heteroatoms. The van der Waals surface area contributed by atoms with Crippen molar-refractivity contribution in [2.45, 2.75) is 65.5 Å². The largest absolute Gasteiger partial charge is 0.883 e. The van der Waals surface area contributed by atoms with Gasteiger partial charge in [-0.15, -0.1) is 0 Å². The third-order valence-electron chi connectivity index (χ3n) is 1.90. The van der Waals surface area contributed by atoms with Crippen LogP contribution >= 0.6 is 0 Å². The second-order valence-corrected chi connectivity index (χ2v) is 17.6. The Morgan fingerprint density at radius 1 is 0.824 bits per heavy atom. The fraction of sp³-hybridized carbons (Fsp3) is 1.00. The summed E-state index contributed by atoms with van der Waals surface area (Å²) in [6.07, 6.45) is 3.56. The van der Waals surface area contributed by atoms with Gasteiger partial charge in [-0.1, -0.05) is 19.8 Å². The molecule has 0 aromatic heterocycles. The van der Waals surface area contributed by atoms with Crippen LogP contribution in [-0.4, -0.2) is 38.4 Å². The van der Waals surface area contributed by atoms with E-state index in [9.17, 15) is 0 Å². The van der Waals surface area contributed by atoms with E-state index in [-0.39, 0.29) is 0 Å². The van der Waals surface area contributed by atoms with Crippen LogP contribution < -0.4 is 0 Å². The Morgan fingerprint density at radius 3 is 1.65 bits per heavy atom. The lowest BCUT2D eigenvalue weighted by Gasteiger charge is -2.27. The fourth-order valence-corrected chi connectivity index (χ4v) is 7.35. The van der Waals surface area contributed by atoms with Crippen molar-refractivity contribution in [2.24, 2.45) is 0 Å². The maximum atomic E-state index is 6.06. The number of unbranched alkanes of at least 4 members (excludes halogenated alkanes) is 2. The quantitative estimate of drug-likeness (QED) is 0.477. The highest BCUT2D eigenvalue weighted by atomic mass is 28.4. The molecule has 0 heterocycles. The van der Waals surface area contributed by atoms with Crippen molar-refractivity contribution in [3.63, 3.8) is 0 Å². The van der Waals surface area contributed by atoms with Crippen LogP contribution in [0.2, 0.25) is 39.3 Å². The van der Waals surface area contributed by atoms with Crippen LogP contribution in [0, 0.1) is 0 Å². The zero-order valence-corrected chi connectivity index (χ0v) is 15.8. The summed E-state index contributed by atoms with van der Waals surface area (Å²) in [5.74, 6) is 0. The zero-order valence-electron chi connectivity index (χ0n) is 12.6. The van der Waals surface area contributed by atoms with E-state index < -0.39 is 31.8 Å². The monoisotopic (exact) mass is 292 g/mol. The van der Waals surface area contributed by atoms with Crippen LogP contribution in [0.5, 0.6) is 0 Å². The molecule has 0 aliphatic rings. The third-order valence-corrected chi connectivity index (χ3v) is 9.61. The van der Waals surface area contributed by atoms with Gasteiger partial charge in [0.25, 0.3) is 0 Å². The molecule has 17 heavy (non-hydrogen) atoms. The van der Waals surface area contributed by atoms with E-state index in [1.54, 1.807) is 0 Å². The lowest BCUT2D eigenvalue weighted by Crippen LogP contribution is -2.45. The van der Waals surface area contributed by atoms with E-state index in [4.69, 9.17) is 10.7 Å². The minimum atomic E-state index is -1.90. The lowest BCUT2D eigenvalue weighted by atomic mass is 10.3. The topological polar surface area (TPSA) is 27.7 Å². The molecule has 0 aliphatic heterocycles. The Balaban J connectivity index is 4.12. The molecule has 0 rings (SSSR count). The van der Waals surface area contributed by atoms with Gasteiger partial charge < -0.3 is 10.7 Å². The summed E-state index contributed by atoms with van der Waals surface area (Å²) in [5.41, 5.74) is 0. The van der Waals surface area contributed by atoms with Crippen molar-refractivity contribution >= 4 is 31.8 Å². The molecule has 0 saturated heterocycles. The maximum absolute atomic E-state index is 6.06. The molecule has 0 aliphatic carbocycles. The van der Waals surface area contributed by atoms with Crippen LogP contribution in [0.1, 0.15) is 26.2 Å². The molecule has 0 radical (unpaired) electrons. The second-order valence-electron chi connectivity index (χ2n) is 6.33. The second kappa shape index (κ2) is 8.10. The summed E-state index contributed by atoms with van der Waals surface area (Å²) in [6, 6.07) is 0. The molecule has 0 saturated carbocycles. The Bertz CT molecular complexity index is 186. The number of hydrogen-bond donors (Lipinski definition) is 0. The minimum Gasteiger partial charge on any atom is -0.499 e. The van der Waals surface area contributed by atoms with Crippen LogP contribution in [0.3, 0.4) is 0 Å². The highest BCUT2D eigenvalue weighted by Crippen LogP contribution is 2.13. The molecule has 3 nitrogen and oxygen atoms in total. The first-order chi connectivity index (χ1) is 7.64. The molecule has 102 valence electrons. The Kier molecular flexibility index (Phi) is 8.51. The van der Waals surface area contributed by atoms with Crippen LogP contribution in [0.25, 0.3) is 0 Å². The third kappa shape index (κ3) is 13.1. The van der Waals surface area contributed by atoms with E-state index in [0.29, 0.717) is 0 Å². The smallest absolute Gasteiger partial charge is 0.499 e. The Hall–Kier alpha value is 0.846. The van der Waals surface area contributed by atoms with E-state index in [1.807, 2.05) is 0 Å². The first kappa shape index (κ1) is 17.8. The first-order valence-corrected chi connectivity index (χ1v) is 14.8. The highest BCUT2D eigenvalue weighted by Gasteiger charge is 2.39. The summed E-state index contributed by atoms with van der Waals surface area (Å²) in [5, 5.41) is 0. The molecule has 0 N–H and O–H groups in total. The highest BCUT2D eigenvalue weighted by molar-refractivity contribution is 6.79. The van der Waals surface area contributed by atoms with Crippen LogP contribution in [0.15, 0.2) is 0 Å². The molecular weight excluding hydrogens is 263 g/mol. The average Bonchev–Trinajstić information content (AvgIpc) is 2.06. The summed E-state index contributed by atoms with van der Waals surface area (Å²) in [6.45, 7) is 16.1. The normalized spacial score (nSPS) is 12.9. The fourth-order valence-electron chi connectivity index (χ4n) is 1.20. The molecule has 0 atom stereocenters. The lowest BCUT2D eigenvalue weighted by molar-refractivity contribution is 0.193. The van der Waals surface area contributed by atoms with Gasteiger partial charge in [0.1, 0.15) is 0 Å². The molecule has 0 amide bonds. The number of rotatable bonds is 9. The Morgan fingerprint density at radius 2 is 1.29 bits per heavy atom. The van der Waals surface area contributed by atoms with Crippen molar-refractivity contribution in [2.75, 3.05) is 6.61 Å². The van der Waals surface area contributed by atoms with Gasteiger partial charge in [0.15, 0.2) is 16.6 Å². The van der Waals surface area contributed by atoms with Crippen LogP contribution in [-0.2, 0) is 10.7 Å². The van der Waals surface area contributed by atoms with Gasteiger partial charge in [0.2, 0.25) is 0 Å². The molecule has 0 bridgehead atoms. The van der Waals surface area contributed by atoms with Gasteiger partial charge in [-0.25, -0.2) is 0 Å². The zero-order chi connectivity index (χ0) is 13.5. The maximum Gasteiger partial charge on any atom is 0.883 e. The van der Waals surface area contributed by atoms with E-state index in [0.717, 1.165) is 13.0 Å². The molecular formula is C11H29AlO3Si2. The Labute approximate surface area is 114 Å². The summed E-state index contributed by atoms with van der Waals surface area (Å²) >= 11 is -1.90. The van der Waals surface area contributed by atoms with E-state index in [1.165, 1.54) is 12.8 Å². The van der Waals surface area contributed by atoms with Gasteiger partial charge in [0, 0.05) is 6.61 Å². The first-order valence-electron chi connectivity index (χ1n) is 6.61. The summed E-state index contributed by atoms with van der Waals surface area (Å²) < 4.78 is 18.0. The molecule has 0 aromatic carbocycles. The van der Waals surface area contributed by atoms with Gasteiger partial charge >= 0.3 is 15.1 Å². The minimum absolute atomic E-state index is 0.791. The summed E-state index contributed by atoms with van der Waals surface area (Å²) in [7, 11) is -3.11. The average molecular weight is 293 g/mol. The van der Waals surface area contributed by atoms with E-state index >= 15 is 0 Å². The SMILES string of the molecule is CCCCC[O][Al]([O][Si](C)(C)C)[O][Si](C)(C)C. The van der Waals surface area contributed by atoms with E-state index in [2.05, 4.69) is 46.2 Å². The van der Waals surface area contributed by atoms with Gasteiger partial charge in [-0.3, -0.25) is 0 Å². The number of hydrogen-bond acceptors (Lipinski definition) is 3. The molecule has 0 spiro atoms. The molecule has 0 fully saturated rings. The van der Waals surface area contributed by atoms with Crippen molar-refractivity contribution in [1.29, 1.82) is 0 Å². The van der Waals surface area contributed by atoms with Crippen molar-refractivity contribution < 1.29 is 10.7 Å². The standard InChI is InChI=1S/C5H11O.2C3H9OSi.Al/c1-2-3-4-5-6;2*1-5(2,3)4;/h2-5H2,1H3;2*1-3H3;/q3*-1;+3. The predicted octanol–water partition coefficient (Wildman–Crippen LogP) is 3.88. The van der Waals surface area contributed by atoms with Crippen molar-refractivity contribution in [1.82, 2.24) is 0 Å². The van der Waals surface area contributed by atoms with Crippen molar-refractivity contribution in [3.05, 3.63) is 0 Å². The molecule has 0 aromatic rings. The van der Waals surface area contributed by atoms with Gasteiger partial charge in [-0.2, -0.15) is 0 Å². The van der Waals surface area contributed by atoms with Crippen molar-refractivity contribution in [3.8, 4) is 0 Å². The van der Waals surface area contributed by atoms with Crippen LogP contribution in [0.4, 0.5) is 0 Å². The van der Waals surface area contributed by atoms with Gasteiger partial charge in [-0.05, 0) is 45.7 Å². The van der Waals surface area contributed by atoms with Gasteiger partial charge in [0.05, 0.1) is 0 Å². The predicted molar refractivity (Wildman–Crippen MR) is 80.1 cm³/mol.